The zero-order chi connectivity index (χ0) is 18.4. The minimum absolute atomic E-state index is 0.0359. The topological polar surface area (TPSA) is 118 Å². The first-order valence-electron chi connectivity index (χ1n) is 7.53. The minimum Gasteiger partial charge on any atom is -0.481 e. The Balaban J connectivity index is 0.000000181. The fourth-order valence-corrected chi connectivity index (χ4v) is 2.28. The fraction of sp³-hybridized carbons (Fsp3) is 0.167. The van der Waals surface area contributed by atoms with E-state index in [0.717, 1.165) is 5.69 Å². The lowest BCUT2D eigenvalue weighted by Gasteiger charge is -2.23. The smallest absolute Gasteiger partial charge is 0.331 e. The Kier molecular flexibility index (Phi) is 5.38. The van der Waals surface area contributed by atoms with Gasteiger partial charge in [0.05, 0.1) is 17.3 Å². The molecule has 0 saturated carbocycles. The normalized spacial score (nSPS) is 18.7. The summed E-state index contributed by atoms with van der Waals surface area (Å²) >= 11 is 0. The summed E-state index contributed by atoms with van der Waals surface area (Å²) in [5.41, 5.74) is 5.71. The molecule has 0 aliphatic heterocycles. The van der Waals surface area contributed by atoms with Crippen molar-refractivity contribution in [2.45, 2.75) is 13.3 Å². The maximum atomic E-state index is 10.8. The van der Waals surface area contributed by atoms with Gasteiger partial charge in [-0.15, -0.1) is 0 Å². The average molecular weight is 341 g/mol. The van der Waals surface area contributed by atoms with E-state index in [9.17, 15) is 9.59 Å². The lowest BCUT2D eigenvalue weighted by atomic mass is 9.80. The molecule has 0 amide bonds. The Morgan fingerprint density at radius 1 is 1.20 bits per heavy atom. The number of hydrogen-bond donors (Lipinski definition) is 3. The van der Waals surface area contributed by atoms with Crippen LogP contribution in [0.1, 0.15) is 13.3 Å². The number of para-hydroxylation sites is 1. The number of benzene rings is 1. The highest BCUT2D eigenvalue weighted by Crippen LogP contribution is 2.31. The Bertz CT molecular complexity index is 824. The first kappa shape index (κ1) is 18.0. The number of rotatable bonds is 3. The second-order valence-corrected chi connectivity index (χ2v) is 5.76. The van der Waals surface area contributed by atoms with Gasteiger partial charge >= 0.3 is 11.9 Å². The Hall–Kier alpha value is -3.35. The standard InChI is InChI=1S/C9H9N3.C9H10O4/c10-9-6-7-11-12(9)8-4-2-1-3-5-8;1-9(8(12)13)4-2-3-6(5-9)7(10)11/h1-7H,10H2;2-4H,5H2,1H3,(H,10,11)(H,12,13). The molecule has 1 unspecified atom stereocenters. The highest BCUT2D eigenvalue weighted by atomic mass is 16.4. The Morgan fingerprint density at radius 2 is 1.88 bits per heavy atom. The third-order valence-corrected chi connectivity index (χ3v) is 3.76. The molecule has 4 N–H and O–H groups in total. The monoisotopic (exact) mass is 341 g/mol. The van der Waals surface area contributed by atoms with E-state index in [0.29, 0.717) is 5.82 Å². The van der Waals surface area contributed by atoms with E-state index < -0.39 is 17.4 Å². The molecule has 0 fully saturated rings. The van der Waals surface area contributed by atoms with Gasteiger partial charge in [-0.3, -0.25) is 4.79 Å². The van der Waals surface area contributed by atoms with Gasteiger partial charge in [0.25, 0.3) is 0 Å². The number of nitrogen functional groups attached to an aromatic ring is 1. The van der Waals surface area contributed by atoms with Crippen LogP contribution >= 0.6 is 0 Å². The Labute approximate surface area is 144 Å². The largest absolute Gasteiger partial charge is 0.481 e. The van der Waals surface area contributed by atoms with Crippen LogP contribution in [-0.2, 0) is 9.59 Å². The van der Waals surface area contributed by atoms with Gasteiger partial charge in [0.1, 0.15) is 5.82 Å². The van der Waals surface area contributed by atoms with Crippen LogP contribution < -0.4 is 5.73 Å². The van der Waals surface area contributed by atoms with Gasteiger partial charge in [0, 0.05) is 11.6 Å². The molecule has 7 heteroatoms. The zero-order valence-electron chi connectivity index (χ0n) is 13.7. The van der Waals surface area contributed by atoms with Crippen LogP contribution in [0.5, 0.6) is 0 Å². The minimum atomic E-state index is -1.08. The summed E-state index contributed by atoms with van der Waals surface area (Å²) < 4.78 is 1.69. The van der Waals surface area contributed by atoms with E-state index in [1.807, 2.05) is 30.3 Å². The predicted octanol–water partition coefficient (Wildman–Crippen LogP) is 2.50. The molecule has 25 heavy (non-hydrogen) atoms. The van der Waals surface area contributed by atoms with E-state index in [4.69, 9.17) is 15.9 Å². The van der Waals surface area contributed by atoms with E-state index in [1.165, 1.54) is 25.2 Å². The van der Waals surface area contributed by atoms with E-state index in [-0.39, 0.29) is 12.0 Å². The van der Waals surface area contributed by atoms with E-state index in [2.05, 4.69) is 5.10 Å². The predicted molar refractivity (Wildman–Crippen MR) is 93.2 cm³/mol. The molecule has 0 saturated heterocycles. The summed E-state index contributed by atoms with van der Waals surface area (Å²) in [5, 5.41) is 21.6. The molecule has 1 aromatic heterocycles. The van der Waals surface area contributed by atoms with Crippen molar-refractivity contribution in [3.05, 3.63) is 66.4 Å². The van der Waals surface area contributed by atoms with Crippen molar-refractivity contribution in [3.63, 3.8) is 0 Å². The number of hydrogen-bond acceptors (Lipinski definition) is 4. The molecule has 1 heterocycles. The maximum absolute atomic E-state index is 10.8. The number of aromatic nitrogens is 2. The number of aliphatic carboxylic acids is 2. The molecule has 2 aromatic rings. The highest BCUT2D eigenvalue weighted by molar-refractivity contribution is 5.90. The van der Waals surface area contributed by atoms with Crippen molar-refractivity contribution in [2.24, 2.45) is 5.41 Å². The molecule has 130 valence electrons. The van der Waals surface area contributed by atoms with Crippen molar-refractivity contribution in [2.75, 3.05) is 5.73 Å². The molecule has 1 aliphatic rings. The Morgan fingerprint density at radius 3 is 2.40 bits per heavy atom. The summed E-state index contributed by atoms with van der Waals surface area (Å²) in [6, 6.07) is 11.6. The van der Waals surface area contributed by atoms with Crippen molar-refractivity contribution >= 4 is 17.8 Å². The van der Waals surface area contributed by atoms with Gasteiger partial charge < -0.3 is 15.9 Å². The average Bonchev–Trinajstić information content (AvgIpc) is 3.02. The number of carboxylic acids is 2. The SMILES string of the molecule is CC1(C(=O)O)C=CC=C(C(=O)O)C1.Nc1ccnn1-c1ccccc1. The first-order chi connectivity index (χ1) is 11.8. The van der Waals surface area contributed by atoms with Crippen LogP contribution in [0.4, 0.5) is 5.82 Å². The lowest BCUT2D eigenvalue weighted by Crippen LogP contribution is -2.28. The molecule has 1 atom stereocenters. The number of carbonyl (C=O) groups is 2. The van der Waals surface area contributed by atoms with E-state index >= 15 is 0 Å². The number of nitrogens with zero attached hydrogens (tertiary/aromatic N) is 2. The second kappa shape index (κ2) is 7.48. The molecule has 7 nitrogen and oxygen atoms in total. The van der Waals surface area contributed by atoms with Crippen LogP contribution in [0, 0.1) is 5.41 Å². The molecule has 0 bridgehead atoms. The second-order valence-electron chi connectivity index (χ2n) is 5.76. The summed E-state index contributed by atoms with van der Waals surface area (Å²) in [6.45, 7) is 1.50. The van der Waals surface area contributed by atoms with Crippen molar-refractivity contribution in [1.82, 2.24) is 9.78 Å². The first-order valence-corrected chi connectivity index (χ1v) is 7.53. The highest BCUT2D eigenvalue weighted by Gasteiger charge is 2.34. The zero-order valence-corrected chi connectivity index (χ0v) is 13.7. The third kappa shape index (κ3) is 4.35. The quantitative estimate of drug-likeness (QED) is 0.789. The summed E-state index contributed by atoms with van der Waals surface area (Å²) in [5.74, 6) is -1.41. The van der Waals surface area contributed by atoms with Gasteiger partial charge in [-0.25, -0.2) is 9.48 Å². The van der Waals surface area contributed by atoms with Crippen molar-refractivity contribution in [3.8, 4) is 5.69 Å². The van der Waals surface area contributed by atoms with Gasteiger partial charge in [-0.05, 0) is 25.5 Å². The molecule has 1 aliphatic carbocycles. The molecular weight excluding hydrogens is 322 g/mol. The molecule has 3 rings (SSSR count). The van der Waals surface area contributed by atoms with Crippen molar-refractivity contribution < 1.29 is 19.8 Å². The molecule has 0 spiro atoms. The molecule has 0 radical (unpaired) electrons. The van der Waals surface area contributed by atoms with Crippen LogP contribution in [-0.4, -0.2) is 31.9 Å². The van der Waals surface area contributed by atoms with Gasteiger partial charge in [-0.2, -0.15) is 5.10 Å². The van der Waals surface area contributed by atoms with Gasteiger partial charge in [0.15, 0.2) is 0 Å². The number of carboxylic acid groups (broad SMARTS) is 2. The third-order valence-electron chi connectivity index (χ3n) is 3.76. The van der Waals surface area contributed by atoms with Crippen LogP contribution in [0.25, 0.3) is 5.69 Å². The van der Waals surface area contributed by atoms with E-state index in [1.54, 1.807) is 16.9 Å². The fourth-order valence-electron chi connectivity index (χ4n) is 2.28. The van der Waals surface area contributed by atoms with Gasteiger partial charge in [0.2, 0.25) is 0 Å². The maximum Gasteiger partial charge on any atom is 0.331 e. The van der Waals surface area contributed by atoms with Crippen LogP contribution in [0.15, 0.2) is 66.4 Å². The number of nitrogens with two attached hydrogens (primary N) is 1. The summed E-state index contributed by atoms with van der Waals surface area (Å²) in [6.07, 6.45) is 6.12. The van der Waals surface area contributed by atoms with Crippen molar-refractivity contribution in [1.29, 1.82) is 0 Å². The molecular formula is C18H19N3O4. The van der Waals surface area contributed by atoms with Crippen LogP contribution in [0.3, 0.4) is 0 Å². The number of allylic oxidation sites excluding steroid dienone is 2. The summed E-state index contributed by atoms with van der Waals surface area (Å²) in [4.78, 5) is 21.3. The molecule has 1 aromatic carbocycles. The van der Waals surface area contributed by atoms with Crippen LogP contribution in [0.2, 0.25) is 0 Å². The van der Waals surface area contributed by atoms with Gasteiger partial charge in [-0.1, -0.05) is 36.4 Å². The summed E-state index contributed by atoms with van der Waals surface area (Å²) in [7, 11) is 0. The lowest BCUT2D eigenvalue weighted by molar-refractivity contribution is -0.145. The number of anilines is 1.